The van der Waals surface area contributed by atoms with Gasteiger partial charge in [0, 0.05) is 13.7 Å². The van der Waals surface area contributed by atoms with E-state index in [-0.39, 0.29) is 18.1 Å². The molecule has 1 rings (SSSR count). The number of carbonyl (C=O) groups is 1. The number of hydrogen-bond donors (Lipinski definition) is 1. The van der Waals surface area contributed by atoms with E-state index in [2.05, 4.69) is 19.2 Å². The summed E-state index contributed by atoms with van der Waals surface area (Å²) in [5, 5.41) is 3.24. The smallest absolute Gasteiger partial charge is 0.240 e. The van der Waals surface area contributed by atoms with Crippen LogP contribution in [-0.4, -0.2) is 43.3 Å². The first kappa shape index (κ1) is 12.5. The van der Waals surface area contributed by atoms with Gasteiger partial charge in [0.15, 0.2) is 0 Å². The normalized spacial score (nSPS) is 23.9. The summed E-state index contributed by atoms with van der Waals surface area (Å²) in [4.78, 5) is 13.7. The van der Waals surface area contributed by atoms with Crippen molar-refractivity contribution < 1.29 is 9.53 Å². The second-order valence-corrected chi connectivity index (χ2v) is 4.65. The first-order valence-electron chi connectivity index (χ1n) is 5.59. The van der Waals surface area contributed by atoms with Crippen LogP contribution in [0, 0.1) is 5.92 Å². The summed E-state index contributed by atoms with van der Waals surface area (Å²) < 4.78 is 5.16. The van der Waals surface area contributed by atoms with E-state index in [9.17, 15) is 4.79 Å². The standard InChI is InChI=1S/C11H22N2O2/c1-8(2)5-10-11(14)13(7-12-10)6-9(3)15-4/h8-10,12H,5-7H2,1-4H3. The molecule has 0 saturated carbocycles. The average molecular weight is 214 g/mol. The molecule has 88 valence electrons. The minimum Gasteiger partial charge on any atom is -0.380 e. The van der Waals surface area contributed by atoms with E-state index in [1.807, 2.05) is 11.8 Å². The molecular formula is C11H22N2O2. The molecule has 1 N–H and O–H groups in total. The Balaban J connectivity index is 2.42. The fourth-order valence-electron chi connectivity index (χ4n) is 1.80. The quantitative estimate of drug-likeness (QED) is 0.737. The molecule has 15 heavy (non-hydrogen) atoms. The van der Waals surface area contributed by atoms with Crippen molar-refractivity contribution >= 4 is 5.91 Å². The highest BCUT2D eigenvalue weighted by atomic mass is 16.5. The van der Waals surface area contributed by atoms with Crippen molar-refractivity contribution in [1.82, 2.24) is 10.2 Å². The molecule has 2 unspecified atom stereocenters. The molecule has 1 aliphatic rings. The van der Waals surface area contributed by atoms with Gasteiger partial charge in [0.1, 0.15) is 0 Å². The van der Waals surface area contributed by atoms with Crippen LogP contribution in [0.4, 0.5) is 0 Å². The fourth-order valence-corrected chi connectivity index (χ4v) is 1.80. The predicted molar refractivity (Wildman–Crippen MR) is 59.4 cm³/mol. The summed E-state index contributed by atoms with van der Waals surface area (Å²) >= 11 is 0. The number of nitrogens with zero attached hydrogens (tertiary/aromatic N) is 1. The lowest BCUT2D eigenvalue weighted by Gasteiger charge is -2.19. The van der Waals surface area contributed by atoms with Crippen LogP contribution in [0.25, 0.3) is 0 Å². The van der Waals surface area contributed by atoms with Gasteiger partial charge in [-0.3, -0.25) is 10.1 Å². The Morgan fingerprint density at radius 1 is 1.53 bits per heavy atom. The van der Waals surface area contributed by atoms with Crippen molar-refractivity contribution in [3.05, 3.63) is 0 Å². The van der Waals surface area contributed by atoms with E-state index in [1.54, 1.807) is 7.11 Å². The lowest BCUT2D eigenvalue weighted by Crippen LogP contribution is -2.36. The van der Waals surface area contributed by atoms with Crippen LogP contribution in [0.3, 0.4) is 0 Å². The minimum atomic E-state index is 0.00839. The van der Waals surface area contributed by atoms with Gasteiger partial charge in [-0.15, -0.1) is 0 Å². The number of hydrogen-bond acceptors (Lipinski definition) is 3. The zero-order chi connectivity index (χ0) is 11.4. The Morgan fingerprint density at radius 3 is 2.73 bits per heavy atom. The number of rotatable bonds is 5. The lowest BCUT2D eigenvalue weighted by molar-refractivity contribution is -0.130. The Bertz CT molecular complexity index is 219. The highest BCUT2D eigenvalue weighted by Gasteiger charge is 2.31. The Kier molecular flexibility index (Phi) is 4.54. The van der Waals surface area contributed by atoms with Crippen LogP contribution in [0.1, 0.15) is 27.2 Å². The van der Waals surface area contributed by atoms with Gasteiger partial charge in [0.05, 0.1) is 18.8 Å². The molecule has 0 aromatic rings. The summed E-state index contributed by atoms with van der Waals surface area (Å²) in [6.07, 6.45) is 1.02. The molecule has 1 heterocycles. The zero-order valence-corrected chi connectivity index (χ0v) is 10.1. The summed E-state index contributed by atoms with van der Waals surface area (Å²) in [5.74, 6) is 0.763. The number of amides is 1. The largest absolute Gasteiger partial charge is 0.380 e. The Hall–Kier alpha value is -0.610. The van der Waals surface area contributed by atoms with Crippen LogP contribution in [0.5, 0.6) is 0 Å². The van der Waals surface area contributed by atoms with Crippen molar-refractivity contribution in [1.29, 1.82) is 0 Å². The average Bonchev–Trinajstić information content (AvgIpc) is 2.49. The molecular weight excluding hydrogens is 192 g/mol. The molecule has 0 aromatic carbocycles. The molecule has 0 spiro atoms. The second-order valence-electron chi connectivity index (χ2n) is 4.65. The van der Waals surface area contributed by atoms with E-state index >= 15 is 0 Å². The monoisotopic (exact) mass is 214 g/mol. The maximum Gasteiger partial charge on any atom is 0.240 e. The van der Waals surface area contributed by atoms with Gasteiger partial charge < -0.3 is 9.64 Å². The molecule has 4 nitrogen and oxygen atoms in total. The van der Waals surface area contributed by atoms with Crippen molar-refractivity contribution in [2.45, 2.75) is 39.3 Å². The first-order chi connectivity index (χ1) is 7.04. The highest BCUT2D eigenvalue weighted by Crippen LogP contribution is 2.13. The van der Waals surface area contributed by atoms with Crippen molar-refractivity contribution in [2.24, 2.45) is 5.92 Å². The van der Waals surface area contributed by atoms with Crippen LogP contribution in [0.15, 0.2) is 0 Å². The van der Waals surface area contributed by atoms with Crippen molar-refractivity contribution in [3.8, 4) is 0 Å². The van der Waals surface area contributed by atoms with Crippen LogP contribution in [-0.2, 0) is 9.53 Å². The zero-order valence-electron chi connectivity index (χ0n) is 10.1. The Labute approximate surface area is 92.0 Å². The van der Waals surface area contributed by atoms with E-state index in [0.29, 0.717) is 19.1 Å². The molecule has 0 radical (unpaired) electrons. The summed E-state index contributed by atoms with van der Waals surface area (Å²) in [6, 6.07) is 0.00839. The summed E-state index contributed by atoms with van der Waals surface area (Å²) in [6.45, 7) is 7.58. The van der Waals surface area contributed by atoms with E-state index < -0.39 is 0 Å². The molecule has 0 bridgehead atoms. The minimum absolute atomic E-state index is 0.00839. The van der Waals surface area contributed by atoms with E-state index in [4.69, 9.17) is 4.74 Å². The van der Waals surface area contributed by atoms with Gasteiger partial charge >= 0.3 is 0 Å². The van der Waals surface area contributed by atoms with Gasteiger partial charge in [-0.05, 0) is 19.3 Å². The summed E-state index contributed by atoms with van der Waals surface area (Å²) in [5.41, 5.74) is 0. The molecule has 1 saturated heterocycles. The molecule has 1 aliphatic heterocycles. The van der Waals surface area contributed by atoms with Crippen LogP contribution >= 0.6 is 0 Å². The first-order valence-corrected chi connectivity index (χ1v) is 5.59. The van der Waals surface area contributed by atoms with Crippen molar-refractivity contribution in [3.63, 3.8) is 0 Å². The number of carbonyl (C=O) groups excluding carboxylic acids is 1. The third-order valence-corrected chi connectivity index (χ3v) is 2.73. The van der Waals surface area contributed by atoms with Crippen LogP contribution in [0.2, 0.25) is 0 Å². The van der Waals surface area contributed by atoms with Crippen LogP contribution < -0.4 is 5.32 Å². The van der Waals surface area contributed by atoms with Gasteiger partial charge in [-0.25, -0.2) is 0 Å². The van der Waals surface area contributed by atoms with Crippen molar-refractivity contribution in [2.75, 3.05) is 20.3 Å². The van der Waals surface area contributed by atoms with Gasteiger partial charge in [-0.2, -0.15) is 0 Å². The Morgan fingerprint density at radius 2 is 2.20 bits per heavy atom. The molecule has 4 heteroatoms. The number of nitrogens with one attached hydrogen (secondary N) is 1. The summed E-state index contributed by atoms with van der Waals surface area (Å²) in [7, 11) is 1.67. The third kappa shape index (κ3) is 3.47. The second kappa shape index (κ2) is 5.47. The van der Waals surface area contributed by atoms with E-state index in [0.717, 1.165) is 6.42 Å². The maximum absolute atomic E-state index is 11.9. The SMILES string of the molecule is COC(C)CN1CNC(CC(C)C)C1=O. The van der Waals surface area contributed by atoms with Gasteiger partial charge in [0.25, 0.3) is 0 Å². The number of methoxy groups -OCH3 is 1. The van der Waals surface area contributed by atoms with Gasteiger partial charge in [0.2, 0.25) is 5.91 Å². The van der Waals surface area contributed by atoms with Gasteiger partial charge in [-0.1, -0.05) is 13.8 Å². The topological polar surface area (TPSA) is 41.6 Å². The molecule has 0 aliphatic carbocycles. The number of ether oxygens (including phenoxy) is 1. The lowest BCUT2D eigenvalue weighted by atomic mass is 10.0. The molecule has 1 fully saturated rings. The molecule has 2 atom stereocenters. The fraction of sp³-hybridized carbons (Fsp3) is 0.909. The highest BCUT2D eigenvalue weighted by molar-refractivity contribution is 5.83. The molecule has 0 aromatic heterocycles. The van der Waals surface area contributed by atoms with E-state index in [1.165, 1.54) is 0 Å². The third-order valence-electron chi connectivity index (χ3n) is 2.73. The molecule has 1 amide bonds. The maximum atomic E-state index is 11.9. The predicted octanol–water partition coefficient (Wildman–Crippen LogP) is 0.825.